The molecule has 12 nitrogen and oxygen atoms in total. The van der Waals surface area contributed by atoms with Gasteiger partial charge in [0.25, 0.3) is 0 Å². The number of rotatable bonds is 9. The second-order valence-corrected chi connectivity index (χ2v) is 13.6. The third-order valence-electron chi connectivity index (χ3n) is 11.7. The Hall–Kier alpha value is -1.96. The number of ether oxygens (including phenoxy) is 6. The minimum atomic E-state index is -1.69. The molecule has 4 saturated heterocycles. The van der Waals surface area contributed by atoms with Gasteiger partial charge in [-0.05, 0) is 57.3 Å². The molecule has 4 aliphatic heterocycles. The van der Waals surface area contributed by atoms with E-state index in [0.29, 0.717) is 38.5 Å². The lowest BCUT2D eigenvalue weighted by Crippen LogP contribution is -2.60. The number of fused-ring (bicyclic) bond motifs is 6. The molecule has 17 unspecified atom stereocenters. The summed E-state index contributed by atoms with van der Waals surface area (Å²) in [5.41, 5.74) is -0.922. The maximum Gasteiger partial charge on any atom is 0.317 e. The zero-order valence-electron chi connectivity index (χ0n) is 23.2. The van der Waals surface area contributed by atoms with Crippen molar-refractivity contribution in [2.24, 2.45) is 35.0 Å². The van der Waals surface area contributed by atoms with Gasteiger partial charge in [-0.25, -0.2) is 0 Å². The molecule has 2 N–H and O–H groups in total. The third-order valence-corrected chi connectivity index (χ3v) is 11.7. The van der Waals surface area contributed by atoms with Crippen molar-refractivity contribution in [2.75, 3.05) is 6.61 Å². The van der Waals surface area contributed by atoms with Crippen molar-refractivity contribution in [1.82, 2.24) is 0 Å². The van der Waals surface area contributed by atoms with Crippen molar-refractivity contribution >= 4 is 24.5 Å². The van der Waals surface area contributed by atoms with Crippen molar-refractivity contribution < 1.29 is 57.8 Å². The van der Waals surface area contributed by atoms with Crippen LogP contribution in [0.5, 0.6) is 0 Å². The van der Waals surface area contributed by atoms with E-state index in [1.165, 1.54) is 0 Å². The summed E-state index contributed by atoms with van der Waals surface area (Å²) in [6.45, 7) is -0.00153. The zero-order chi connectivity index (χ0) is 28.9. The van der Waals surface area contributed by atoms with Gasteiger partial charge in [-0.15, -0.1) is 0 Å². The fraction of sp³-hybridized carbons (Fsp3) is 0.867. The van der Waals surface area contributed by atoms with Crippen LogP contribution >= 0.6 is 0 Å². The monoisotopic (exact) mass is 590 g/mol. The maximum atomic E-state index is 13.5. The maximum absolute atomic E-state index is 13.5. The van der Waals surface area contributed by atoms with E-state index in [1.807, 2.05) is 0 Å². The summed E-state index contributed by atoms with van der Waals surface area (Å²) >= 11 is 0. The Balaban J connectivity index is 0.984. The highest BCUT2D eigenvalue weighted by Gasteiger charge is 2.76. The van der Waals surface area contributed by atoms with Crippen molar-refractivity contribution in [3.05, 3.63) is 0 Å². The van der Waals surface area contributed by atoms with E-state index < -0.39 is 47.5 Å². The van der Waals surface area contributed by atoms with Gasteiger partial charge in [-0.3, -0.25) is 9.59 Å². The average Bonchev–Trinajstić information content (AvgIpc) is 3.81. The van der Waals surface area contributed by atoms with Crippen LogP contribution in [0.3, 0.4) is 0 Å². The molecule has 0 aromatic rings. The highest BCUT2D eigenvalue weighted by molar-refractivity contribution is 6.00. The summed E-state index contributed by atoms with van der Waals surface area (Å²) in [5, 5.41) is 21.2. The van der Waals surface area contributed by atoms with Gasteiger partial charge in [0.05, 0.1) is 60.4 Å². The van der Waals surface area contributed by atoms with Crippen LogP contribution in [0.4, 0.5) is 0 Å². The molecule has 17 atom stereocenters. The van der Waals surface area contributed by atoms with Gasteiger partial charge in [0.1, 0.15) is 36.6 Å². The second kappa shape index (κ2) is 10.0. The molecule has 4 heterocycles. The number of hydrogen-bond donors (Lipinski definition) is 2. The quantitative estimate of drug-likeness (QED) is 0.158. The van der Waals surface area contributed by atoms with Crippen LogP contribution in [0.2, 0.25) is 0 Å². The largest absolute Gasteiger partial charge is 0.461 e. The number of aliphatic hydroxyl groups is 2. The first-order chi connectivity index (χ1) is 20.4. The second-order valence-electron chi connectivity index (χ2n) is 13.6. The van der Waals surface area contributed by atoms with E-state index in [4.69, 9.17) is 28.4 Å². The molecule has 0 bridgehead atoms. The SMILES string of the molecule is O=CC(C(=O)OC1CCC2OC2C1C1C(CO)CCC2OC21)C(C=O)C(=O)OC1CCC2OC2C12C(O)CCC1OC12. The Morgan fingerprint density at radius 1 is 0.738 bits per heavy atom. The molecule has 8 fully saturated rings. The van der Waals surface area contributed by atoms with Crippen molar-refractivity contribution in [2.45, 2.75) is 119 Å². The van der Waals surface area contributed by atoms with Crippen LogP contribution in [0.15, 0.2) is 0 Å². The first kappa shape index (κ1) is 27.6. The average molecular weight is 591 g/mol. The molecule has 12 heteroatoms. The number of carbonyl (C=O) groups is 4. The van der Waals surface area contributed by atoms with Gasteiger partial charge in [0.15, 0.2) is 0 Å². The van der Waals surface area contributed by atoms with Crippen molar-refractivity contribution in [3.8, 4) is 0 Å². The minimum Gasteiger partial charge on any atom is -0.461 e. The van der Waals surface area contributed by atoms with Gasteiger partial charge in [0, 0.05) is 18.4 Å². The summed E-state index contributed by atoms with van der Waals surface area (Å²) < 4.78 is 35.3. The molecule has 8 rings (SSSR count). The van der Waals surface area contributed by atoms with Crippen LogP contribution in [0.25, 0.3) is 0 Å². The third kappa shape index (κ3) is 4.16. The van der Waals surface area contributed by atoms with E-state index >= 15 is 0 Å². The Kier molecular flexibility index (Phi) is 6.59. The van der Waals surface area contributed by atoms with Gasteiger partial charge in [-0.2, -0.15) is 0 Å². The van der Waals surface area contributed by atoms with Crippen LogP contribution < -0.4 is 0 Å². The highest BCUT2D eigenvalue weighted by atomic mass is 16.6. The van der Waals surface area contributed by atoms with Gasteiger partial charge >= 0.3 is 11.9 Å². The molecule has 0 amide bonds. The van der Waals surface area contributed by atoms with E-state index in [9.17, 15) is 29.4 Å². The number of esters is 2. The predicted molar refractivity (Wildman–Crippen MR) is 136 cm³/mol. The number of aliphatic hydroxyl groups excluding tert-OH is 2. The standard InChI is InChI=1S/C30H38O12/c31-9-12-1-2-16-24(37-16)22(12)23-15(3-4-17-25(23)38-17)41-28(35)13(10-32)14(11-33)29(36)42-21-8-6-19-27(40-19)30(21)20(34)7-5-18-26(30)39-18/h10-27,31,34H,1-9H2. The van der Waals surface area contributed by atoms with Crippen LogP contribution in [0, 0.1) is 35.0 Å². The fourth-order valence-corrected chi connectivity index (χ4v) is 9.42. The van der Waals surface area contributed by atoms with Gasteiger partial charge in [-0.1, -0.05) is 0 Å². The normalized spacial score (nSPS) is 52.2. The summed E-state index contributed by atoms with van der Waals surface area (Å²) in [5.74, 6) is -5.58. The van der Waals surface area contributed by atoms with Crippen LogP contribution in [0.1, 0.15) is 51.4 Å². The molecule has 1 spiro atoms. The molecule has 0 aromatic carbocycles. The lowest BCUT2D eigenvalue weighted by molar-refractivity contribution is -0.184. The van der Waals surface area contributed by atoms with E-state index in [1.54, 1.807) is 0 Å². The Labute approximate surface area is 242 Å². The van der Waals surface area contributed by atoms with Crippen molar-refractivity contribution in [3.63, 3.8) is 0 Å². The van der Waals surface area contributed by atoms with E-state index in [-0.39, 0.29) is 85.8 Å². The lowest BCUT2D eigenvalue weighted by Gasteiger charge is -2.45. The number of carbonyl (C=O) groups excluding carboxylic acids is 4. The Morgan fingerprint density at radius 3 is 1.95 bits per heavy atom. The van der Waals surface area contributed by atoms with E-state index in [2.05, 4.69) is 0 Å². The number of aldehydes is 2. The summed E-state index contributed by atoms with van der Waals surface area (Å²) in [6, 6.07) is 0. The highest BCUT2D eigenvalue weighted by Crippen LogP contribution is 2.63. The summed E-state index contributed by atoms with van der Waals surface area (Å²) in [6.07, 6.45) is 2.95. The summed E-state index contributed by atoms with van der Waals surface area (Å²) in [4.78, 5) is 51.4. The lowest BCUT2D eigenvalue weighted by atomic mass is 9.61. The Bertz CT molecular complexity index is 1130. The zero-order valence-corrected chi connectivity index (χ0v) is 23.2. The molecule has 4 saturated carbocycles. The van der Waals surface area contributed by atoms with E-state index in [0.717, 1.165) is 12.8 Å². The molecule has 0 aromatic heterocycles. The molecular formula is C30H38O12. The molecule has 42 heavy (non-hydrogen) atoms. The molecular weight excluding hydrogens is 552 g/mol. The number of hydrogen-bond acceptors (Lipinski definition) is 12. The predicted octanol–water partition coefficient (Wildman–Crippen LogP) is -0.127. The smallest absolute Gasteiger partial charge is 0.317 e. The molecule has 0 radical (unpaired) electrons. The Morgan fingerprint density at radius 2 is 1.31 bits per heavy atom. The van der Waals surface area contributed by atoms with Gasteiger partial charge < -0.3 is 48.2 Å². The van der Waals surface area contributed by atoms with Crippen molar-refractivity contribution in [1.29, 1.82) is 0 Å². The molecule has 4 aliphatic carbocycles. The topological polar surface area (TPSA) is 177 Å². The van der Waals surface area contributed by atoms with Gasteiger partial charge in [0.2, 0.25) is 0 Å². The first-order valence-corrected chi connectivity index (χ1v) is 15.6. The number of epoxide rings is 4. The first-order valence-electron chi connectivity index (χ1n) is 15.6. The fourth-order valence-electron chi connectivity index (χ4n) is 9.42. The molecule has 8 aliphatic rings. The molecule has 230 valence electrons. The van der Waals surface area contributed by atoms with Crippen LogP contribution in [-0.2, 0) is 47.6 Å². The minimum absolute atomic E-state index is 0.00153. The summed E-state index contributed by atoms with van der Waals surface area (Å²) in [7, 11) is 0. The van der Waals surface area contributed by atoms with Crippen LogP contribution in [-0.4, -0.2) is 108 Å².